The lowest BCUT2D eigenvalue weighted by atomic mass is 9.87. The fourth-order valence-corrected chi connectivity index (χ4v) is 3.39. The number of methoxy groups -OCH3 is 1. The minimum Gasteiger partial charge on any atom is -0.493 e. The number of benzene rings is 2. The molecular formula is C22H26O5S. The lowest BCUT2D eigenvalue weighted by molar-refractivity contribution is -0.114. The van der Waals surface area contributed by atoms with E-state index in [1.807, 2.05) is 0 Å². The molecule has 0 radical (unpaired) electrons. The van der Waals surface area contributed by atoms with Crippen molar-refractivity contribution < 1.29 is 22.1 Å². The number of hydrogen-bond acceptors (Lipinski definition) is 5. The molecule has 0 heterocycles. The van der Waals surface area contributed by atoms with Gasteiger partial charge in [0.25, 0.3) is 0 Å². The van der Waals surface area contributed by atoms with Gasteiger partial charge in [-0.05, 0) is 46.9 Å². The Hall–Kier alpha value is -2.60. The average molecular weight is 403 g/mol. The van der Waals surface area contributed by atoms with Crippen LogP contribution in [0.5, 0.6) is 11.5 Å². The smallest absolute Gasteiger partial charge is 0.339 e. The van der Waals surface area contributed by atoms with Crippen LogP contribution >= 0.6 is 0 Å². The monoisotopic (exact) mass is 402 g/mol. The van der Waals surface area contributed by atoms with Crippen molar-refractivity contribution in [3.05, 3.63) is 59.7 Å². The first-order valence-electron chi connectivity index (χ1n) is 9.01. The Bertz CT molecular complexity index is 965. The maximum absolute atomic E-state index is 12.6. The van der Waals surface area contributed by atoms with Gasteiger partial charge in [0.2, 0.25) is 0 Å². The van der Waals surface area contributed by atoms with Crippen molar-refractivity contribution >= 4 is 22.0 Å². The van der Waals surface area contributed by atoms with E-state index in [-0.39, 0.29) is 27.6 Å². The van der Waals surface area contributed by atoms with Gasteiger partial charge in [-0.1, -0.05) is 52.0 Å². The van der Waals surface area contributed by atoms with Gasteiger partial charge < -0.3 is 8.92 Å². The van der Waals surface area contributed by atoms with Crippen molar-refractivity contribution in [2.45, 2.75) is 44.4 Å². The molecule has 0 spiro atoms. The Labute approximate surface area is 167 Å². The zero-order valence-electron chi connectivity index (χ0n) is 16.9. The second kappa shape index (κ2) is 8.61. The third-order valence-corrected chi connectivity index (χ3v) is 5.45. The highest BCUT2D eigenvalue weighted by Crippen LogP contribution is 2.32. The van der Waals surface area contributed by atoms with Gasteiger partial charge in [-0.15, -0.1) is 0 Å². The standard InChI is InChI=1S/C22H26O5S/c1-6-18(23)11-7-16-8-14-20(21(15-16)26-5)27-28(24,25)19-12-9-17(10-13-19)22(2,3)4/h7-15H,6H2,1-5H3/b11-7+. The third-order valence-electron chi connectivity index (χ3n) is 4.21. The molecule has 150 valence electrons. The Balaban J connectivity index is 2.28. The second-order valence-corrected chi connectivity index (χ2v) is 8.92. The van der Waals surface area contributed by atoms with Gasteiger partial charge in [-0.25, -0.2) is 0 Å². The maximum Gasteiger partial charge on any atom is 0.339 e. The Morgan fingerprint density at radius 3 is 2.21 bits per heavy atom. The zero-order valence-corrected chi connectivity index (χ0v) is 17.7. The Morgan fingerprint density at radius 1 is 1.04 bits per heavy atom. The molecule has 5 nitrogen and oxygen atoms in total. The van der Waals surface area contributed by atoms with E-state index < -0.39 is 10.1 Å². The summed E-state index contributed by atoms with van der Waals surface area (Å²) >= 11 is 0. The minimum atomic E-state index is -4.00. The van der Waals surface area contributed by atoms with Crippen LogP contribution in [0, 0.1) is 0 Å². The van der Waals surface area contributed by atoms with E-state index in [4.69, 9.17) is 8.92 Å². The summed E-state index contributed by atoms with van der Waals surface area (Å²) < 4.78 is 35.8. The summed E-state index contributed by atoms with van der Waals surface area (Å²) in [6.07, 6.45) is 3.54. The average Bonchev–Trinajstić information content (AvgIpc) is 2.66. The first kappa shape index (κ1) is 21.7. The molecule has 2 aromatic rings. The number of ether oxygens (including phenoxy) is 1. The normalized spacial score (nSPS) is 12.2. The first-order chi connectivity index (χ1) is 13.1. The molecule has 0 atom stereocenters. The Kier molecular flexibility index (Phi) is 6.67. The van der Waals surface area contributed by atoms with Gasteiger partial charge in [0.1, 0.15) is 4.90 Å². The molecule has 0 amide bonds. The van der Waals surface area contributed by atoms with E-state index in [2.05, 4.69) is 20.8 Å². The SMILES string of the molecule is CCC(=O)/C=C/c1ccc(OS(=O)(=O)c2ccc(C(C)(C)C)cc2)c(OC)c1. The van der Waals surface area contributed by atoms with Gasteiger partial charge in [0.15, 0.2) is 17.3 Å². The van der Waals surface area contributed by atoms with Crippen molar-refractivity contribution in [2.75, 3.05) is 7.11 Å². The van der Waals surface area contributed by atoms with Gasteiger partial charge in [-0.2, -0.15) is 8.42 Å². The zero-order chi connectivity index (χ0) is 20.9. The molecule has 0 N–H and O–H groups in total. The summed E-state index contributed by atoms with van der Waals surface area (Å²) in [6, 6.07) is 11.4. The lowest BCUT2D eigenvalue weighted by Gasteiger charge is -2.19. The molecule has 6 heteroatoms. The summed E-state index contributed by atoms with van der Waals surface area (Å²) in [6.45, 7) is 7.95. The summed E-state index contributed by atoms with van der Waals surface area (Å²) in [5, 5.41) is 0. The number of carbonyl (C=O) groups is 1. The van der Waals surface area contributed by atoms with Crippen molar-refractivity contribution in [1.29, 1.82) is 0 Å². The fourth-order valence-electron chi connectivity index (χ4n) is 2.45. The molecule has 28 heavy (non-hydrogen) atoms. The molecule has 0 bridgehead atoms. The summed E-state index contributed by atoms with van der Waals surface area (Å²) in [5.74, 6) is 0.350. The number of ketones is 1. The van der Waals surface area contributed by atoms with Crippen molar-refractivity contribution in [3.8, 4) is 11.5 Å². The second-order valence-electron chi connectivity index (χ2n) is 7.38. The third kappa shape index (κ3) is 5.45. The molecule has 0 saturated carbocycles. The van der Waals surface area contributed by atoms with E-state index in [0.717, 1.165) is 5.56 Å². The van der Waals surface area contributed by atoms with Gasteiger partial charge in [0, 0.05) is 6.42 Å². The highest BCUT2D eigenvalue weighted by molar-refractivity contribution is 7.87. The fraction of sp³-hybridized carbons (Fsp3) is 0.318. The molecule has 0 saturated heterocycles. The lowest BCUT2D eigenvalue weighted by Crippen LogP contribution is -2.13. The van der Waals surface area contributed by atoms with Crippen LogP contribution in [0.25, 0.3) is 6.08 Å². The number of carbonyl (C=O) groups excluding carboxylic acids is 1. The topological polar surface area (TPSA) is 69.7 Å². The van der Waals surface area contributed by atoms with E-state index in [1.54, 1.807) is 37.3 Å². The molecule has 0 aromatic heterocycles. The van der Waals surface area contributed by atoms with Crippen LogP contribution in [-0.4, -0.2) is 21.3 Å². The first-order valence-corrected chi connectivity index (χ1v) is 10.4. The van der Waals surface area contributed by atoms with Gasteiger partial charge in [0.05, 0.1) is 7.11 Å². The number of rotatable bonds is 7. The van der Waals surface area contributed by atoms with E-state index in [0.29, 0.717) is 12.0 Å². The highest BCUT2D eigenvalue weighted by atomic mass is 32.2. The largest absolute Gasteiger partial charge is 0.493 e. The predicted octanol–water partition coefficient (Wildman–Crippen LogP) is 4.75. The molecule has 2 aromatic carbocycles. The van der Waals surface area contributed by atoms with Crippen LogP contribution in [0.15, 0.2) is 53.4 Å². The molecule has 0 fully saturated rings. The maximum atomic E-state index is 12.6. The van der Waals surface area contributed by atoms with Crippen LogP contribution in [0.2, 0.25) is 0 Å². The summed E-state index contributed by atoms with van der Waals surface area (Å²) in [5.41, 5.74) is 1.66. The predicted molar refractivity (Wildman–Crippen MR) is 110 cm³/mol. The van der Waals surface area contributed by atoms with E-state index >= 15 is 0 Å². The van der Waals surface area contributed by atoms with E-state index in [9.17, 15) is 13.2 Å². The molecule has 0 aliphatic heterocycles. The van der Waals surface area contributed by atoms with Gasteiger partial charge in [-0.3, -0.25) is 4.79 Å². The van der Waals surface area contributed by atoms with Crippen molar-refractivity contribution in [3.63, 3.8) is 0 Å². The molecule has 0 aliphatic carbocycles. The molecule has 2 rings (SSSR count). The van der Waals surface area contributed by atoms with Crippen LogP contribution in [0.3, 0.4) is 0 Å². The van der Waals surface area contributed by atoms with Crippen LogP contribution in [0.1, 0.15) is 45.2 Å². The van der Waals surface area contributed by atoms with E-state index in [1.165, 1.54) is 31.4 Å². The van der Waals surface area contributed by atoms with Crippen molar-refractivity contribution in [1.82, 2.24) is 0 Å². The highest BCUT2D eigenvalue weighted by Gasteiger charge is 2.21. The van der Waals surface area contributed by atoms with Crippen molar-refractivity contribution in [2.24, 2.45) is 0 Å². The van der Waals surface area contributed by atoms with Crippen LogP contribution in [0.4, 0.5) is 0 Å². The molecule has 0 unspecified atom stereocenters. The van der Waals surface area contributed by atoms with Crippen LogP contribution in [-0.2, 0) is 20.3 Å². The van der Waals surface area contributed by atoms with Gasteiger partial charge >= 0.3 is 10.1 Å². The molecule has 0 aliphatic rings. The quantitative estimate of drug-likeness (QED) is 0.494. The molecular weight excluding hydrogens is 376 g/mol. The summed E-state index contributed by atoms with van der Waals surface area (Å²) in [7, 11) is -2.57. The Morgan fingerprint density at radius 2 is 1.68 bits per heavy atom. The van der Waals surface area contributed by atoms with Crippen LogP contribution < -0.4 is 8.92 Å². The number of allylic oxidation sites excluding steroid dienone is 1. The number of hydrogen-bond donors (Lipinski definition) is 0. The summed E-state index contributed by atoms with van der Waals surface area (Å²) in [4.78, 5) is 11.5. The minimum absolute atomic E-state index is 0.000532.